The maximum atomic E-state index is 5.27. The molecule has 1 atom stereocenters. The summed E-state index contributed by atoms with van der Waals surface area (Å²) >= 11 is 0. The molecule has 1 heterocycles. The third kappa shape index (κ3) is 1.38. The Bertz CT molecular complexity index is 172. The minimum absolute atomic E-state index is 0.367. The Kier molecular flexibility index (Phi) is 2.10. The molecule has 1 aliphatic heterocycles. The van der Waals surface area contributed by atoms with E-state index in [1.807, 2.05) is 6.92 Å². The summed E-state index contributed by atoms with van der Waals surface area (Å²) in [5.41, 5.74) is 0.927. The summed E-state index contributed by atoms with van der Waals surface area (Å²) in [7, 11) is 0. The van der Waals surface area contributed by atoms with E-state index in [9.17, 15) is 0 Å². The quantitative estimate of drug-likeness (QED) is 0.571. The fourth-order valence-corrected chi connectivity index (χ4v) is 0.858. The first-order chi connectivity index (χ1) is 4.74. The molecule has 0 aromatic rings. The topological polar surface area (TPSA) is 21.6 Å². The van der Waals surface area contributed by atoms with Crippen LogP contribution in [-0.4, -0.2) is 18.5 Å². The molecule has 1 rings (SSSR count). The fourth-order valence-electron chi connectivity index (χ4n) is 0.858. The van der Waals surface area contributed by atoms with Crippen molar-refractivity contribution in [2.45, 2.75) is 26.3 Å². The van der Waals surface area contributed by atoms with E-state index in [0.29, 0.717) is 6.04 Å². The zero-order valence-electron chi connectivity index (χ0n) is 6.55. The van der Waals surface area contributed by atoms with Gasteiger partial charge in [-0.05, 0) is 13.3 Å². The van der Waals surface area contributed by atoms with Crippen molar-refractivity contribution in [3.05, 3.63) is 12.2 Å². The number of aliphatic imine (C=N–C) groups is 1. The predicted molar refractivity (Wildman–Crippen MR) is 42.3 cm³/mol. The van der Waals surface area contributed by atoms with Gasteiger partial charge in [0.1, 0.15) is 6.61 Å². The number of rotatable bonds is 2. The van der Waals surface area contributed by atoms with Crippen molar-refractivity contribution in [2.24, 2.45) is 4.99 Å². The van der Waals surface area contributed by atoms with Crippen LogP contribution in [0.25, 0.3) is 0 Å². The van der Waals surface area contributed by atoms with Crippen molar-refractivity contribution < 1.29 is 4.74 Å². The number of hydrogen-bond acceptors (Lipinski definition) is 2. The zero-order valence-corrected chi connectivity index (χ0v) is 6.55. The minimum Gasteiger partial charge on any atom is -0.475 e. The molecular formula is C8H13NO. The summed E-state index contributed by atoms with van der Waals surface area (Å²) < 4.78 is 5.27. The van der Waals surface area contributed by atoms with Crippen LogP contribution < -0.4 is 0 Å². The lowest BCUT2D eigenvalue weighted by atomic mass is 10.3. The second-order valence-corrected chi connectivity index (χ2v) is 2.59. The molecule has 0 fully saturated rings. The monoisotopic (exact) mass is 139 g/mol. The highest BCUT2D eigenvalue weighted by Gasteiger charge is 2.16. The maximum absolute atomic E-state index is 5.27. The highest BCUT2D eigenvalue weighted by Crippen LogP contribution is 2.11. The van der Waals surface area contributed by atoms with E-state index in [4.69, 9.17) is 4.74 Å². The molecular weight excluding hydrogens is 126 g/mol. The van der Waals surface area contributed by atoms with Crippen molar-refractivity contribution >= 4 is 5.90 Å². The number of ether oxygens (including phenoxy) is 1. The Morgan fingerprint density at radius 3 is 2.90 bits per heavy atom. The molecule has 0 aromatic carbocycles. The molecule has 0 radical (unpaired) electrons. The Morgan fingerprint density at radius 1 is 1.90 bits per heavy atom. The molecule has 10 heavy (non-hydrogen) atoms. The van der Waals surface area contributed by atoms with Crippen molar-refractivity contribution in [3.63, 3.8) is 0 Å². The Balaban J connectivity index is 2.57. The summed E-state index contributed by atoms with van der Waals surface area (Å²) in [4.78, 5) is 4.30. The van der Waals surface area contributed by atoms with Crippen LogP contribution >= 0.6 is 0 Å². The second-order valence-electron chi connectivity index (χ2n) is 2.59. The Hall–Kier alpha value is -0.790. The van der Waals surface area contributed by atoms with Crippen molar-refractivity contribution in [3.8, 4) is 0 Å². The molecule has 0 bridgehead atoms. The maximum Gasteiger partial charge on any atom is 0.211 e. The van der Waals surface area contributed by atoms with Crippen molar-refractivity contribution in [1.82, 2.24) is 0 Å². The minimum atomic E-state index is 0.367. The molecule has 0 unspecified atom stereocenters. The van der Waals surface area contributed by atoms with Crippen LogP contribution in [0.15, 0.2) is 17.1 Å². The molecule has 56 valence electrons. The van der Waals surface area contributed by atoms with E-state index in [-0.39, 0.29) is 0 Å². The Morgan fingerprint density at radius 2 is 2.60 bits per heavy atom. The van der Waals surface area contributed by atoms with Crippen LogP contribution in [0.1, 0.15) is 20.3 Å². The molecule has 0 saturated carbocycles. The van der Waals surface area contributed by atoms with Crippen molar-refractivity contribution in [2.75, 3.05) is 6.61 Å². The van der Waals surface area contributed by atoms with E-state index in [0.717, 1.165) is 24.5 Å². The smallest absolute Gasteiger partial charge is 0.211 e. The summed E-state index contributed by atoms with van der Waals surface area (Å²) in [6.07, 6.45) is 1.05. The van der Waals surface area contributed by atoms with Crippen LogP contribution in [0.2, 0.25) is 0 Å². The van der Waals surface area contributed by atoms with Gasteiger partial charge in [0.15, 0.2) is 0 Å². The standard InChI is InChI=1S/C8H13NO/c1-4-7-5-10-8(9-7)6(2)3/h7H,2,4-5H2,1,3H3/t7-/m1/s1. The first kappa shape index (κ1) is 7.32. The third-order valence-electron chi connectivity index (χ3n) is 1.55. The van der Waals surface area contributed by atoms with Gasteiger partial charge in [-0.1, -0.05) is 13.5 Å². The van der Waals surface area contributed by atoms with Gasteiger partial charge in [0.2, 0.25) is 5.90 Å². The van der Waals surface area contributed by atoms with Gasteiger partial charge in [-0.2, -0.15) is 0 Å². The average molecular weight is 139 g/mol. The van der Waals surface area contributed by atoms with E-state index in [1.165, 1.54) is 0 Å². The SMILES string of the molecule is C=C(C)C1=N[C@H](CC)CO1. The number of hydrogen-bond donors (Lipinski definition) is 0. The molecule has 0 N–H and O–H groups in total. The first-order valence-corrected chi connectivity index (χ1v) is 3.60. The lowest BCUT2D eigenvalue weighted by molar-refractivity contribution is 0.314. The van der Waals surface area contributed by atoms with Gasteiger partial charge in [0.25, 0.3) is 0 Å². The summed E-state index contributed by atoms with van der Waals surface area (Å²) in [5.74, 6) is 0.742. The zero-order chi connectivity index (χ0) is 7.56. The van der Waals surface area contributed by atoms with E-state index in [1.54, 1.807) is 0 Å². The highest BCUT2D eigenvalue weighted by atomic mass is 16.5. The molecule has 0 amide bonds. The van der Waals surface area contributed by atoms with Crippen LogP contribution in [0.5, 0.6) is 0 Å². The molecule has 1 aliphatic rings. The largest absolute Gasteiger partial charge is 0.475 e. The summed E-state index contributed by atoms with van der Waals surface area (Å²) in [5, 5.41) is 0. The van der Waals surface area contributed by atoms with E-state index < -0.39 is 0 Å². The van der Waals surface area contributed by atoms with Gasteiger partial charge in [-0.25, -0.2) is 4.99 Å². The second kappa shape index (κ2) is 2.86. The molecule has 2 nitrogen and oxygen atoms in total. The molecule has 2 heteroatoms. The first-order valence-electron chi connectivity index (χ1n) is 3.60. The predicted octanol–water partition coefficient (Wildman–Crippen LogP) is 1.77. The summed E-state index contributed by atoms with van der Waals surface area (Å²) in [6.45, 7) is 8.51. The van der Waals surface area contributed by atoms with Gasteiger partial charge >= 0.3 is 0 Å². The van der Waals surface area contributed by atoms with Gasteiger partial charge in [-0.15, -0.1) is 0 Å². The van der Waals surface area contributed by atoms with Gasteiger partial charge < -0.3 is 4.74 Å². The summed E-state index contributed by atoms with van der Waals surface area (Å²) in [6, 6.07) is 0.367. The van der Waals surface area contributed by atoms with E-state index in [2.05, 4.69) is 18.5 Å². The Labute approximate surface area is 61.6 Å². The van der Waals surface area contributed by atoms with Crippen LogP contribution in [0.4, 0.5) is 0 Å². The fraction of sp³-hybridized carbons (Fsp3) is 0.625. The van der Waals surface area contributed by atoms with Gasteiger partial charge in [0.05, 0.1) is 6.04 Å². The lowest BCUT2D eigenvalue weighted by Gasteiger charge is -1.97. The van der Waals surface area contributed by atoms with Gasteiger partial charge in [-0.3, -0.25) is 0 Å². The average Bonchev–Trinajstić information content (AvgIpc) is 2.34. The van der Waals surface area contributed by atoms with Crippen LogP contribution in [-0.2, 0) is 4.74 Å². The number of nitrogens with zero attached hydrogens (tertiary/aromatic N) is 1. The molecule has 0 spiro atoms. The molecule has 0 aliphatic carbocycles. The lowest BCUT2D eigenvalue weighted by Crippen LogP contribution is -2.03. The highest BCUT2D eigenvalue weighted by molar-refractivity contribution is 5.93. The third-order valence-corrected chi connectivity index (χ3v) is 1.55. The molecule has 0 saturated heterocycles. The van der Waals surface area contributed by atoms with Crippen molar-refractivity contribution in [1.29, 1.82) is 0 Å². The normalized spacial score (nSPS) is 23.8. The van der Waals surface area contributed by atoms with Crippen LogP contribution in [0, 0.1) is 0 Å². The molecule has 0 aromatic heterocycles. The van der Waals surface area contributed by atoms with Gasteiger partial charge in [0, 0.05) is 5.57 Å². The van der Waals surface area contributed by atoms with Crippen LogP contribution in [0.3, 0.4) is 0 Å². The van der Waals surface area contributed by atoms with E-state index >= 15 is 0 Å².